The zero-order chi connectivity index (χ0) is 12.4. The van der Waals surface area contributed by atoms with Gasteiger partial charge in [-0.3, -0.25) is 4.79 Å². The first kappa shape index (κ1) is 15.4. The van der Waals surface area contributed by atoms with Crippen LogP contribution in [0.2, 0.25) is 0 Å². The number of nitrogens with one attached hydrogen (secondary N) is 1. The lowest BCUT2D eigenvalue weighted by atomic mass is 10.1. The Morgan fingerprint density at radius 1 is 1.19 bits per heavy atom. The van der Waals surface area contributed by atoms with E-state index in [0.717, 1.165) is 45.3 Å². The number of carbonyl (C=O) groups is 1. The Balaban J connectivity index is 4.18. The molecule has 16 heavy (non-hydrogen) atoms. The maximum absolute atomic E-state index is 12.1. The van der Waals surface area contributed by atoms with Gasteiger partial charge in [0.05, 0.1) is 0 Å². The highest BCUT2D eigenvalue weighted by molar-refractivity contribution is 5.78. The lowest BCUT2D eigenvalue weighted by molar-refractivity contribution is -0.135. The quantitative estimate of drug-likeness (QED) is 0.656. The number of amides is 1. The average molecular weight is 228 g/mol. The lowest BCUT2D eigenvalue weighted by Crippen LogP contribution is -2.39. The first-order valence-corrected chi connectivity index (χ1v) is 6.60. The fourth-order valence-electron chi connectivity index (χ4n) is 1.74. The summed E-state index contributed by atoms with van der Waals surface area (Å²) in [5.74, 6) is 0.398. The highest BCUT2D eigenvalue weighted by atomic mass is 16.2. The number of unbranched alkanes of at least 4 members (excludes halogenated alkanes) is 2. The van der Waals surface area contributed by atoms with Crippen molar-refractivity contribution >= 4 is 5.91 Å². The molecule has 3 heteroatoms. The largest absolute Gasteiger partial charge is 0.342 e. The molecule has 0 radical (unpaired) electrons. The van der Waals surface area contributed by atoms with E-state index in [1.54, 1.807) is 0 Å². The van der Waals surface area contributed by atoms with E-state index in [4.69, 9.17) is 0 Å². The van der Waals surface area contributed by atoms with Crippen LogP contribution in [-0.2, 0) is 4.79 Å². The third-order valence-corrected chi connectivity index (χ3v) is 2.81. The molecule has 0 heterocycles. The van der Waals surface area contributed by atoms with Gasteiger partial charge in [-0.05, 0) is 19.9 Å². The van der Waals surface area contributed by atoms with E-state index in [0.29, 0.717) is 5.91 Å². The molecule has 0 saturated heterocycles. The van der Waals surface area contributed by atoms with Gasteiger partial charge in [0.1, 0.15) is 0 Å². The minimum absolute atomic E-state index is 0.0960. The molecule has 0 aliphatic heterocycles. The van der Waals surface area contributed by atoms with Crippen molar-refractivity contribution in [3.05, 3.63) is 0 Å². The van der Waals surface area contributed by atoms with Crippen LogP contribution in [0.5, 0.6) is 0 Å². The zero-order valence-electron chi connectivity index (χ0n) is 11.4. The molecule has 96 valence electrons. The van der Waals surface area contributed by atoms with Gasteiger partial charge in [0.25, 0.3) is 0 Å². The van der Waals surface area contributed by atoms with Gasteiger partial charge in [0, 0.05) is 25.6 Å². The van der Waals surface area contributed by atoms with E-state index < -0.39 is 0 Å². The average Bonchev–Trinajstić information content (AvgIpc) is 2.29. The van der Waals surface area contributed by atoms with E-state index in [2.05, 4.69) is 19.2 Å². The van der Waals surface area contributed by atoms with E-state index in [9.17, 15) is 4.79 Å². The number of carbonyl (C=O) groups excluding carboxylic acids is 1. The second-order valence-corrected chi connectivity index (χ2v) is 4.49. The lowest BCUT2D eigenvalue weighted by Gasteiger charge is -2.25. The minimum Gasteiger partial charge on any atom is -0.342 e. The first-order valence-electron chi connectivity index (χ1n) is 6.60. The summed E-state index contributed by atoms with van der Waals surface area (Å²) < 4.78 is 0. The molecule has 1 unspecified atom stereocenters. The SMILES string of the molecule is CCCCN(CCCC)C(=O)C(C)CNC. The molecule has 0 aliphatic rings. The summed E-state index contributed by atoms with van der Waals surface area (Å²) in [6, 6.07) is 0. The van der Waals surface area contributed by atoms with Crippen LogP contribution in [0, 0.1) is 5.92 Å². The second-order valence-electron chi connectivity index (χ2n) is 4.49. The van der Waals surface area contributed by atoms with Gasteiger partial charge in [-0.15, -0.1) is 0 Å². The van der Waals surface area contributed by atoms with Crippen LogP contribution < -0.4 is 5.32 Å². The van der Waals surface area contributed by atoms with Crippen LogP contribution in [0.4, 0.5) is 0 Å². The van der Waals surface area contributed by atoms with Crippen molar-refractivity contribution in [1.82, 2.24) is 10.2 Å². The number of nitrogens with zero attached hydrogens (tertiary/aromatic N) is 1. The van der Waals surface area contributed by atoms with Crippen molar-refractivity contribution in [2.75, 3.05) is 26.7 Å². The minimum atomic E-state index is 0.0960. The topological polar surface area (TPSA) is 32.3 Å². The predicted octanol–water partition coefficient (Wildman–Crippen LogP) is 2.27. The first-order chi connectivity index (χ1) is 7.67. The third kappa shape index (κ3) is 6.11. The summed E-state index contributed by atoms with van der Waals surface area (Å²) in [6.45, 7) is 8.95. The predicted molar refractivity (Wildman–Crippen MR) is 69.5 cm³/mol. The molecule has 0 bridgehead atoms. The molecule has 3 nitrogen and oxygen atoms in total. The van der Waals surface area contributed by atoms with Crippen molar-refractivity contribution in [3.63, 3.8) is 0 Å². The summed E-state index contributed by atoms with van der Waals surface area (Å²) in [5, 5.41) is 3.07. The van der Waals surface area contributed by atoms with Gasteiger partial charge < -0.3 is 10.2 Å². The highest BCUT2D eigenvalue weighted by Crippen LogP contribution is 2.06. The smallest absolute Gasteiger partial charge is 0.226 e. The van der Waals surface area contributed by atoms with Crippen molar-refractivity contribution in [3.8, 4) is 0 Å². The van der Waals surface area contributed by atoms with E-state index in [1.165, 1.54) is 0 Å². The van der Waals surface area contributed by atoms with Gasteiger partial charge in [-0.2, -0.15) is 0 Å². The highest BCUT2D eigenvalue weighted by Gasteiger charge is 2.18. The Hall–Kier alpha value is -0.570. The molecule has 0 aromatic heterocycles. The van der Waals surface area contributed by atoms with E-state index in [-0.39, 0.29) is 5.92 Å². The third-order valence-electron chi connectivity index (χ3n) is 2.81. The van der Waals surface area contributed by atoms with Crippen molar-refractivity contribution in [2.45, 2.75) is 46.5 Å². The standard InChI is InChI=1S/C13H28N2O/c1-5-7-9-15(10-8-6-2)13(16)12(3)11-14-4/h12,14H,5-11H2,1-4H3. The fraction of sp³-hybridized carbons (Fsp3) is 0.923. The molecule has 0 aromatic rings. The van der Waals surface area contributed by atoms with Crippen LogP contribution in [0.25, 0.3) is 0 Å². The maximum atomic E-state index is 12.1. The number of rotatable bonds is 9. The molecule has 1 amide bonds. The number of hydrogen-bond acceptors (Lipinski definition) is 2. The fourth-order valence-corrected chi connectivity index (χ4v) is 1.74. The number of hydrogen-bond donors (Lipinski definition) is 1. The zero-order valence-corrected chi connectivity index (χ0v) is 11.4. The van der Waals surface area contributed by atoms with Crippen LogP contribution in [-0.4, -0.2) is 37.5 Å². The molecular weight excluding hydrogens is 200 g/mol. The molecule has 0 rings (SSSR count). The van der Waals surface area contributed by atoms with Crippen LogP contribution in [0.3, 0.4) is 0 Å². The van der Waals surface area contributed by atoms with E-state index in [1.807, 2.05) is 18.9 Å². The Morgan fingerprint density at radius 2 is 1.69 bits per heavy atom. The van der Waals surface area contributed by atoms with Crippen LogP contribution >= 0.6 is 0 Å². The summed E-state index contributed by atoms with van der Waals surface area (Å²) in [4.78, 5) is 14.2. The van der Waals surface area contributed by atoms with Gasteiger partial charge in [-0.25, -0.2) is 0 Å². The second kappa shape index (κ2) is 9.64. The van der Waals surface area contributed by atoms with Gasteiger partial charge in [0.15, 0.2) is 0 Å². The van der Waals surface area contributed by atoms with Gasteiger partial charge >= 0.3 is 0 Å². The summed E-state index contributed by atoms with van der Waals surface area (Å²) in [6.07, 6.45) is 4.52. The molecule has 0 spiro atoms. The Bertz CT molecular complexity index is 175. The van der Waals surface area contributed by atoms with Gasteiger partial charge in [-0.1, -0.05) is 33.6 Å². The molecule has 0 fully saturated rings. The molecular formula is C13H28N2O. The van der Waals surface area contributed by atoms with Crippen molar-refractivity contribution in [1.29, 1.82) is 0 Å². The molecule has 0 saturated carbocycles. The normalized spacial score (nSPS) is 12.5. The molecule has 1 atom stereocenters. The molecule has 0 aliphatic carbocycles. The Labute approximate surface area is 101 Å². The van der Waals surface area contributed by atoms with Crippen molar-refractivity contribution < 1.29 is 4.79 Å². The summed E-state index contributed by atoms with van der Waals surface area (Å²) in [7, 11) is 1.90. The van der Waals surface area contributed by atoms with E-state index >= 15 is 0 Å². The van der Waals surface area contributed by atoms with Crippen molar-refractivity contribution in [2.24, 2.45) is 5.92 Å². The Kier molecular flexibility index (Phi) is 9.30. The maximum Gasteiger partial charge on any atom is 0.226 e. The van der Waals surface area contributed by atoms with Crippen LogP contribution in [0.1, 0.15) is 46.5 Å². The van der Waals surface area contributed by atoms with Crippen LogP contribution in [0.15, 0.2) is 0 Å². The molecule has 1 N–H and O–H groups in total. The van der Waals surface area contributed by atoms with Gasteiger partial charge in [0.2, 0.25) is 5.91 Å². The summed E-state index contributed by atoms with van der Waals surface area (Å²) in [5.41, 5.74) is 0. The summed E-state index contributed by atoms with van der Waals surface area (Å²) >= 11 is 0. The molecule has 0 aromatic carbocycles. The monoisotopic (exact) mass is 228 g/mol. The Morgan fingerprint density at radius 3 is 2.06 bits per heavy atom.